The molecule has 0 spiro atoms. The molecule has 6 heteroatoms. The zero-order valence-electron chi connectivity index (χ0n) is 32.8. The van der Waals surface area contributed by atoms with Gasteiger partial charge in [0.25, 0.3) is 0 Å². The highest BCUT2D eigenvalue weighted by Crippen LogP contribution is 2.16. The molecule has 0 fully saturated rings. The molecule has 0 aliphatic carbocycles. The van der Waals surface area contributed by atoms with Gasteiger partial charge in [-0.25, -0.2) is 0 Å². The summed E-state index contributed by atoms with van der Waals surface area (Å²) in [6.45, 7) is 6.27. The second-order valence-corrected chi connectivity index (χ2v) is 14.1. The molecular weight excluding hydrogens is 622 g/mol. The molecule has 0 saturated carbocycles. The van der Waals surface area contributed by atoms with Crippen molar-refractivity contribution in [1.29, 1.82) is 0 Å². The van der Waals surface area contributed by atoms with Crippen molar-refractivity contribution < 1.29 is 24.5 Å². The Morgan fingerprint density at radius 2 is 1.08 bits per heavy atom. The summed E-state index contributed by atoms with van der Waals surface area (Å²) in [5.74, 6) is -0.547. The van der Waals surface area contributed by atoms with E-state index in [1.54, 1.807) is 0 Å². The average molecular weight is 702 g/mol. The first kappa shape index (κ1) is 47.8. The quantitative estimate of drug-likeness (QED) is 0.0343. The largest absolute Gasteiger partial charge is 0.462 e. The number of unbranched alkanes of at least 4 members (excludes halogenated alkanes) is 19. The van der Waals surface area contributed by atoms with Gasteiger partial charge in [-0.1, -0.05) is 191 Å². The number of hydrogen-bond donors (Lipinski definition) is 3. The van der Waals surface area contributed by atoms with Gasteiger partial charge < -0.3 is 20.3 Å². The lowest BCUT2D eigenvalue weighted by Crippen LogP contribution is -2.46. The molecule has 3 unspecified atom stereocenters. The van der Waals surface area contributed by atoms with Crippen LogP contribution in [0.4, 0.5) is 0 Å². The van der Waals surface area contributed by atoms with Crippen LogP contribution in [0, 0.1) is 0 Å². The van der Waals surface area contributed by atoms with Crippen molar-refractivity contribution in [3.8, 4) is 0 Å². The van der Waals surface area contributed by atoms with Crippen molar-refractivity contribution >= 4 is 11.9 Å². The van der Waals surface area contributed by atoms with Crippen molar-refractivity contribution in [1.82, 2.24) is 5.32 Å². The number of carbonyl (C=O) groups excluding carboxylic acids is 2. The van der Waals surface area contributed by atoms with E-state index in [0.717, 1.165) is 57.8 Å². The molecule has 3 atom stereocenters. The van der Waals surface area contributed by atoms with Gasteiger partial charge >= 0.3 is 5.97 Å². The van der Waals surface area contributed by atoms with E-state index in [0.29, 0.717) is 19.3 Å². The number of amides is 1. The Balaban J connectivity index is 4.71. The van der Waals surface area contributed by atoms with Gasteiger partial charge in [-0.05, 0) is 38.5 Å². The van der Waals surface area contributed by atoms with E-state index in [1.165, 1.54) is 89.9 Å². The summed E-state index contributed by atoms with van der Waals surface area (Å²) in [4.78, 5) is 25.8. The number of allylic oxidation sites excluding steroid dienone is 8. The highest BCUT2D eigenvalue weighted by molar-refractivity contribution is 5.77. The molecule has 50 heavy (non-hydrogen) atoms. The van der Waals surface area contributed by atoms with Crippen molar-refractivity contribution in [2.45, 2.75) is 212 Å². The van der Waals surface area contributed by atoms with Gasteiger partial charge in [-0.2, -0.15) is 0 Å². The molecule has 0 radical (unpaired) electrons. The molecule has 0 saturated heterocycles. The van der Waals surface area contributed by atoms with Crippen LogP contribution in [0.15, 0.2) is 48.6 Å². The van der Waals surface area contributed by atoms with Crippen molar-refractivity contribution in [3.05, 3.63) is 48.6 Å². The lowest BCUT2D eigenvalue weighted by Gasteiger charge is -2.24. The molecule has 0 aromatic carbocycles. The van der Waals surface area contributed by atoms with E-state index < -0.39 is 18.2 Å². The van der Waals surface area contributed by atoms with E-state index in [9.17, 15) is 19.8 Å². The normalized spacial score (nSPS) is 13.9. The average Bonchev–Trinajstić information content (AvgIpc) is 3.10. The maximum Gasteiger partial charge on any atom is 0.306 e. The molecule has 0 aromatic heterocycles. The summed E-state index contributed by atoms with van der Waals surface area (Å²) < 4.78 is 5.83. The minimum absolute atomic E-state index is 0.0327. The number of esters is 1. The van der Waals surface area contributed by atoms with Gasteiger partial charge in [-0.3, -0.25) is 9.59 Å². The second-order valence-electron chi connectivity index (χ2n) is 14.1. The van der Waals surface area contributed by atoms with Crippen LogP contribution in [0.3, 0.4) is 0 Å². The van der Waals surface area contributed by atoms with E-state index in [4.69, 9.17) is 4.74 Å². The fraction of sp³-hybridized carbons (Fsp3) is 0.773. The molecule has 0 heterocycles. The van der Waals surface area contributed by atoms with Crippen LogP contribution in [-0.2, 0) is 14.3 Å². The lowest BCUT2D eigenvalue weighted by molar-refractivity contribution is -0.151. The van der Waals surface area contributed by atoms with Gasteiger partial charge in [-0.15, -0.1) is 0 Å². The van der Waals surface area contributed by atoms with Crippen LogP contribution < -0.4 is 5.32 Å². The van der Waals surface area contributed by atoms with Crippen LogP contribution >= 0.6 is 0 Å². The molecule has 6 nitrogen and oxygen atoms in total. The maximum atomic E-state index is 13.0. The van der Waals surface area contributed by atoms with Crippen LogP contribution in [0.2, 0.25) is 0 Å². The number of aliphatic hydroxyl groups excluding tert-OH is 2. The first-order chi connectivity index (χ1) is 24.5. The first-order valence-electron chi connectivity index (χ1n) is 20.9. The second kappa shape index (κ2) is 38.1. The lowest BCUT2D eigenvalue weighted by atomic mass is 10.0. The number of rotatable bonds is 36. The summed E-state index contributed by atoms with van der Waals surface area (Å²) in [5.41, 5.74) is 0. The molecule has 0 aromatic rings. The monoisotopic (exact) mass is 702 g/mol. The van der Waals surface area contributed by atoms with E-state index in [-0.39, 0.29) is 24.9 Å². The summed E-state index contributed by atoms with van der Waals surface area (Å²) in [6.07, 6.45) is 43.2. The maximum absolute atomic E-state index is 13.0. The van der Waals surface area contributed by atoms with Gasteiger partial charge in [0.1, 0.15) is 6.10 Å². The third-order valence-corrected chi connectivity index (χ3v) is 9.27. The predicted molar refractivity (Wildman–Crippen MR) is 213 cm³/mol. The summed E-state index contributed by atoms with van der Waals surface area (Å²) in [7, 11) is 0. The summed E-state index contributed by atoms with van der Waals surface area (Å²) >= 11 is 0. The molecular formula is C44H79NO5. The highest BCUT2D eigenvalue weighted by Gasteiger charge is 2.23. The Morgan fingerprint density at radius 3 is 1.60 bits per heavy atom. The SMILES string of the molecule is CC/C=C/C=C/C=C\C=C/CCCC(CC(=O)NC(CO)C(O)CCCCCCCCCCCC)OC(=O)CCCCCCCCCCCC. The Hall–Kier alpha value is -2.18. The van der Waals surface area contributed by atoms with E-state index in [1.807, 2.05) is 36.5 Å². The van der Waals surface area contributed by atoms with Crippen molar-refractivity contribution in [3.63, 3.8) is 0 Å². The predicted octanol–water partition coefficient (Wildman–Crippen LogP) is 11.6. The summed E-state index contributed by atoms with van der Waals surface area (Å²) in [5, 5.41) is 23.5. The third kappa shape index (κ3) is 33.0. The number of nitrogens with one attached hydrogen (secondary N) is 1. The zero-order valence-corrected chi connectivity index (χ0v) is 32.8. The Morgan fingerprint density at radius 1 is 0.600 bits per heavy atom. The number of carbonyl (C=O) groups is 2. The van der Waals surface area contributed by atoms with Crippen LogP contribution in [0.1, 0.15) is 194 Å². The molecule has 0 aliphatic rings. The van der Waals surface area contributed by atoms with Gasteiger partial charge in [0, 0.05) is 6.42 Å². The summed E-state index contributed by atoms with van der Waals surface area (Å²) in [6, 6.07) is -0.717. The topological polar surface area (TPSA) is 95.9 Å². The molecule has 0 aliphatic heterocycles. The fourth-order valence-corrected chi connectivity index (χ4v) is 6.09. The smallest absolute Gasteiger partial charge is 0.306 e. The van der Waals surface area contributed by atoms with E-state index >= 15 is 0 Å². The minimum atomic E-state index is -0.800. The first-order valence-corrected chi connectivity index (χ1v) is 20.9. The fourth-order valence-electron chi connectivity index (χ4n) is 6.09. The number of hydrogen-bond acceptors (Lipinski definition) is 5. The third-order valence-electron chi connectivity index (χ3n) is 9.27. The Kier molecular flexibility index (Phi) is 36.4. The van der Waals surface area contributed by atoms with Crippen LogP contribution in [0.25, 0.3) is 0 Å². The number of ether oxygens (including phenoxy) is 1. The van der Waals surface area contributed by atoms with Gasteiger partial charge in [0.05, 0.1) is 25.2 Å². The molecule has 0 bridgehead atoms. The zero-order chi connectivity index (χ0) is 36.8. The molecule has 0 rings (SSSR count). The van der Waals surface area contributed by atoms with Gasteiger partial charge in [0.2, 0.25) is 5.91 Å². The van der Waals surface area contributed by atoms with Crippen molar-refractivity contribution in [2.75, 3.05) is 6.61 Å². The van der Waals surface area contributed by atoms with E-state index in [2.05, 4.69) is 38.2 Å². The number of aliphatic hydroxyl groups is 2. The molecule has 290 valence electrons. The van der Waals surface area contributed by atoms with Crippen molar-refractivity contribution in [2.24, 2.45) is 0 Å². The van der Waals surface area contributed by atoms with Crippen LogP contribution in [-0.4, -0.2) is 46.9 Å². The minimum Gasteiger partial charge on any atom is -0.462 e. The van der Waals surface area contributed by atoms with Crippen LogP contribution in [0.5, 0.6) is 0 Å². The standard InChI is InChI=1S/C44H79NO5/c1-4-7-10-13-16-19-22-23-26-29-32-35-40(50-44(49)37-34-31-28-25-21-18-15-12-9-6-3)38-43(48)45-41(39-46)42(47)36-33-30-27-24-20-17-14-11-8-5-2/h7,10,13,16,19,22-23,26,40-42,46-47H,4-6,8-9,11-12,14-15,17-18,20-21,24-25,27-39H2,1-3H3,(H,45,48)/b10-7+,16-13+,22-19-,26-23-. The molecule has 3 N–H and O–H groups in total. The Bertz CT molecular complexity index is 880. The van der Waals surface area contributed by atoms with Gasteiger partial charge in [0.15, 0.2) is 0 Å². The highest BCUT2D eigenvalue weighted by atomic mass is 16.5. The Labute approximate surface area is 308 Å². The molecule has 1 amide bonds.